The maximum absolute atomic E-state index is 11.9. The van der Waals surface area contributed by atoms with Crippen molar-refractivity contribution in [3.63, 3.8) is 0 Å². The van der Waals surface area contributed by atoms with E-state index in [-0.39, 0.29) is 29.5 Å². The highest BCUT2D eigenvalue weighted by atomic mass is 16.5. The first-order valence-corrected chi connectivity index (χ1v) is 7.56. The smallest absolute Gasteiger partial charge is 0.163 e. The van der Waals surface area contributed by atoms with Gasteiger partial charge in [-0.2, -0.15) is 0 Å². The lowest BCUT2D eigenvalue weighted by molar-refractivity contribution is -0.121. The van der Waals surface area contributed by atoms with Crippen LogP contribution in [0, 0.1) is 0 Å². The second-order valence-electron chi connectivity index (χ2n) is 5.30. The molecular weight excluding hydrogens is 320 g/mol. The number of ketones is 2. The second kappa shape index (κ2) is 8.49. The van der Waals surface area contributed by atoms with Gasteiger partial charge in [-0.25, -0.2) is 0 Å². The molecule has 25 heavy (non-hydrogen) atoms. The summed E-state index contributed by atoms with van der Waals surface area (Å²) in [6, 6.07) is 11.1. The number of phenolic OH excluding ortho intramolecular Hbond substituents is 2. The lowest BCUT2D eigenvalue weighted by Crippen LogP contribution is -2.01. The number of benzene rings is 2. The van der Waals surface area contributed by atoms with Crippen LogP contribution in [0.25, 0.3) is 12.2 Å². The summed E-state index contributed by atoms with van der Waals surface area (Å²) in [4.78, 5) is 23.7. The Hall–Kier alpha value is -3.34. The summed E-state index contributed by atoms with van der Waals surface area (Å²) in [5, 5.41) is 18.9. The molecule has 0 spiro atoms. The van der Waals surface area contributed by atoms with E-state index < -0.39 is 0 Å². The summed E-state index contributed by atoms with van der Waals surface area (Å²) in [5.41, 5.74) is 1.35. The number of ether oxygens (including phenoxy) is 1. The molecule has 0 aromatic heterocycles. The molecule has 0 unspecified atom stereocenters. The standard InChI is InChI=1S/C20H18O5/c1-25-20-12-15(7-10-19(20)24)6-9-18(23)13-17(22)8-5-14-3-2-4-16(21)11-14/h2-12,21,24H,13H2,1H3/b8-5+,9-6+. The molecule has 5 nitrogen and oxygen atoms in total. The molecule has 5 heteroatoms. The van der Waals surface area contributed by atoms with Crippen molar-refractivity contribution in [2.45, 2.75) is 6.42 Å². The monoisotopic (exact) mass is 338 g/mol. The first-order chi connectivity index (χ1) is 12.0. The lowest BCUT2D eigenvalue weighted by Gasteiger charge is -2.03. The van der Waals surface area contributed by atoms with Crippen LogP contribution >= 0.6 is 0 Å². The maximum Gasteiger partial charge on any atom is 0.163 e. The first kappa shape index (κ1) is 18.0. The zero-order chi connectivity index (χ0) is 18.2. The molecule has 128 valence electrons. The molecule has 0 aliphatic rings. The van der Waals surface area contributed by atoms with E-state index >= 15 is 0 Å². The number of allylic oxidation sites excluding steroid dienone is 2. The van der Waals surface area contributed by atoms with E-state index in [1.807, 2.05) is 0 Å². The van der Waals surface area contributed by atoms with Crippen LogP contribution in [0.1, 0.15) is 17.5 Å². The predicted octanol–water partition coefficient (Wildman–Crippen LogP) is 3.36. The molecule has 2 rings (SSSR count). The number of hydrogen-bond donors (Lipinski definition) is 2. The van der Waals surface area contributed by atoms with Crippen molar-refractivity contribution in [1.82, 2.24) is 0 Å². The number of hydrogen-bond acceptors (Lipinski definition) is 5. The Morgan fingerprint density at radius 1 is 0.960 bits per heavy atom. The van der Waals surface area contributed by atoms with Crippen molar-refractivity contribution in [1.29, 1.82) is 0 Å². The molecule has 2 N–H and O–H groups in total. The maximum atomic E-state index is 11.9. The van der Waals surface area contributed by atoms with Gasteiger partial charge in [-0.15, -0.1) is 0 Å². The zero-order valence-corrected chi connectivity index (χ0v) is 13.7. The fourth-order valence-electron chi connectivity index (χ4n) is 2.09. The molecule has 0 atom stereocenters. The van der Waals surface area contributed by atoms with Gasteiger partial charge in [0.1, 0.15) is 5.75 Å². The van der Waals surface area contributed by atoms with Crippen molar-refractivity contribution < 1.29 is 24.5 Å². The molecule has 2 aromatic carbocycles. The molecule has 0 heterocycles. The normalized spacial score (nSPS) is 11.1. The van der Waals surface area contributed by atoms with Crippen molar-refractivity contribution in [2.24, 2.45) is 0 Å². The average molecular weight is 338 g/mol. The van der Waals surface area contributed by atoms with E-state index in [2.05, 4.69) is 0 Å². The van der Waals surface area contributed by atoms with Gasteiger partial charge in [0.15, 0.2) is 23.1 Å². The predicted molar refractivity (Wildman–Crippen MR) is 95.5 cm³/mol. The lowest BCUT2D eigenvalue weighted by atomic mass is 10.1. The van der Waals surface area contributed by atoms with Gasteiger partial charge >= 0.3 is 0 Å². The molecule has 0 saturated carbocycles. The first-order valence-electron chi connectivity index (χ1n) is 7.56. The van der Waals surface area contributed by atoms with E-state index in [0.717, 1.165) is 0 Å². The van der Waals surface area contributed by atoms with Gasteiger partial charge < -0.3 is 14.9 Å². The van der Waals surface area contributed by atoms with Crippen molar-refractivity contribution in [3.8, 4) is 17.2 Å². The Morgan fingerprint density at radius 3 is 2.20 bits per heavy atom. The number of carbonyl (C=O) groups excluding carboxylic acids is 2. The van der Waals surface area contributed by atoms with Gasteiger partial charge in [-0.05, 0) is 47.5 Å². The van der Waals surface area contributed by atoms with Gasteiger partial charge in [0.25, 0.3) is 0 Å². The Bertz CT molecular complexity index is 834. The number of aromatic hydroxyl groups is 2. The van der Waals surface area contributed by atoms with E-state index in [4.69, 9.17) is 4.74 Å². The summed E-state index contributed by atoms with van der Waals surface area (Å²) in [7, 11) is 1.44. The summed E-state index contributed by atoms with van der Waals surface area (Å²) < 4.78 is 4.99. The van der Waals surface area contributed by atoms with Crippen LogP contribution in [-0.2, 0) is 9.59 Å². The summed E-state index contributed by atoms with van der Waals surface area (Å²) >= 11 is 0. The Kier molecular flexibility index (Phi) is 6.12. The minimum atomic E-state index is -0.336. The summed E-state index contributed by atoms with van der Waals surface area (Å²) in [6.07, 6.45) is 5.47. The highest BCUT2D eigenvalue weighted by molar-refractivity contribution is 6.10. The van der Waals surface area contributed by atoms with Gasteiger partial charge in [0.2, 0.25) is 0 Å². The third kappa shape index (κ3) is 5.66. The molecular formula is C20H18O5. The van der Waals surface area contributed by atoms with E-state index in [1.54, 1.807) is 36.4 Å². The van der Waals surface area contributed by atoms with E-state index in [9.17, 15) is 19.8 Å². The average Bonchev–Trinajstić information content (AvgIpc) is 2.59. The fourth-order valence-corrected chi connectivity index (χ4v) is 2.09. The molecule has 0 aliphatic carbocycles. The van der Waals surface area contributed by atoms with Crippen LogP contribution < -0.4 is 4.74 Å². The number of rotatable bonds is 7. The molecule has 0 bridgehead atoms. The number of methoxy groups -OCH3 is 1. The van der Waals surface area contributed by atoms with Gasteiger partial charge in [0.05, 0.1) is 13.5 Å². The molecule has 0 saturated heterocycles. The minimum absolute atomic E-state index is 0.0123. The van der Waals surface area contributed by atoms with Crippen molar-refractivity contribution in [2.75, 3.05) is 7.11 Å². The largest absolute Gasteiger partial charge is 0.508 e. The van der Waals surface area contributed by atoms with Crippen LogP contribution in [0.15, 0.2) is 54.6 Å². The molecule has 0 amide bonds. The van der Waals surface area contributed by atoms with Crippen LogP contribution in [0.3, 0.4) is 0 Å². The third-order valence-electron chi connectivity index (χ3n) is 3.35. The molecule has 0 aliphatic heterocycles. The van der Waals surface area contributed by atoms with Crippen LogP contribution in [0.5, 0.6) is 17.2 Å². The summed E-state index contributed by atoms with van der Waals surface area (Å²) in [5.74, 6) is -0.241. The SMILES string of the molecule is COc1cc(/C=C/C(=O)CC(=O)/C=C/c2cccc(O)c2)ccc1O. The number of phenols is 2. The van der Waals surface area contributed by atoms with Gasteiger partial charge in [-0.3, -0.25) is 9.59 Å². The Morgan fingerprint density at radius 2 is 1.60 bits per heavy atom. The highest BCUT2D eigenvalue weighted by Gasteiger charge is 2.05. The second-order valence-corrected chi connectivity index (χ2v) is 5.30. The summed E-state index contributed by atoms with van der Waals surface area (Å²) in [6.45, 7) is 0. The van der Waals surface area contributed by atoms with Crippen LogP contribution in [-0.4, -0.2) is 28.9 Å². The molecule has 0 fully saturated rings. The Balaban J connectivity index is 1.94. The van der Waals surface area contributed by atoms with Crippen LogP contribution in [0.4, 0.5) is 0 Å². The minimum Gasteiger partial charge on any atom is -0.508 e. The number of carbonyl (C=O) groups is 2. The third-order valence-corrected chi connectivity index (χ3v) is 3.35. The van der Waals surface area contributed by atoms with Crippen molar-refractivity contribution >= 4 is 23.7 Å². The van der Waals surface area contributed by atoms with Crippen molar-refractivity contribution in [3.05, 3.63) is 65.7 Å². The quantitative estimate of drug-likeness (QED) is 0.597. The van der Waals surface area contributed by atoms with Crippen LogP contribution in [0.2, 0.25) is 0 Å². The topological polar surface area (TPSA) is 83.8 Å². The molecule has 0 radical (unpaired) electrons. The van der Waals surface area contributed by atoms with E-state index in [0.29, 0.717) is 16.9 Å². The van der Waals surface area contributed by atoms with E-state index in [1.165, 1.54) is 37.5 Å². The Labute approximate surface area is 145 Å². The zero-order valence-electron chi connectivity index (χ0n) is 13.7. The fraction of sp³-hybridized carbons (Fsp3) is 0.100. The van der Waals surface area contributed by atoms with Gasteiger partial charge in [0, 0.05) is 0 Å². The van der Waals surface area contributed by atoms with Gasteiger partial charge in [-0.1, -0.05) is 30.4 Å². The molecule has 2 aromatic rings. The highest BCUT2D eigenvalue weighted by Crippen LogP contribution is 2.26.